The summed E-state index contributed by atoms with van der Waals surface area (Å²) in [6.45, 7) is 7.19. The van der Waals surface area contributed by atoms with Crippen molar-refractivity contribution in [1.82, 2.24) is 30.1 Å². The van der Waals surface area contributed by atoms with E-state index < -0.39 is 5.69 Å². The molecule has 4 heterocycles. The molecule has 0 radical (unpaired) electrons. The fourth-order valence-corrected chi connectivity index (χ4v) is 7.18. The van der Waals surface area contributed by atoms with Gasteiger partial charge in [-0.3, -0.25) is 9.98 Å². The third-order valence-corrected chi connectivity index (χ3v) is 9.87. The quantitative estimate of drug-likeness (QED) is 0.0904. The van der Waals surface area contributed by atoms with Gasteiger partial charge in [0.2, 0.25) is 0 Å². The summed E-state index contributed by atoms with van der Waals surface area (Å²) in [5.41, 5.74) is 16.3. The van der Waals surface area contributed by atoms with Gasteiger partial charge in [0.05, 0.1) is 17.9 Å². The smallest absolute Gasteiger partial charge is 0.354 e. The average Bonchev–Trinajstić information content (AvgIpc) is 3.46. The number of amidine groups is 1. The number of hydrogen-bond acceptors (Lipinski definition) is 7. The normalized spacial score (nSPS) is 19.6. The Hall–Kier alpha value is -3.90. The van der Waals surface area contributed by atoms with Gasteiger partial charge in [0.25, 0.3) is 0 Å². The van der Waals surface area contributed by atoms with Crippen molar-refractivity contribution < 1.29 is 4.39 Å². The van der Waals surface area contributed by atoms with Gasteiger partial charge in [-0.05, 0) is 113 Å². The van der Waals surface area contributed by atoms with Crippen molar-refractivity contribution in [3.05, 3.63) is 81.7 Å². The molecular formula is C37H50FN9O. The fourth-order valence-electron chi connectivity index (χ4n) is 7.18. The Kier molecular flexibility index (Phi) is 10.7. The van der Waals surface area contributed by atoms with Crippen molar-refractivity contribution in [3.63, 3.8) is 0 Å². The van der Waals surface area contributed by atoms with E-state index in [4.69, 9.17) is 16.9 Å². The largest absolute Gasteiger partial charge is 0.369 e. The molecule has 4 aromatic rings. The predicted octanol–water partition coefficient (Wildman–Crippen LogP) is 4.67. The Morgan fingerprint density at radius 1 is 1.17 bits per heavy atom. The Labute approximate surface area is 282 Å². The molecule has 11 heteroatoms. The second kappa shape index (κ2) is 15.1. The van der Waals surface area contributed by atoms with Crippen LogP contribution in [0.15, 0.2) is 53.5 Å². The first-order valence-electron chi connectivity index (χ1n) is 17.5. The highest BCUT2D eigenvalue weighted by Crippen LogP contribution is 2.30. The summed E-state index contributed by atoms with van der Waals surface area (Å²) in [5.74, 6) is 0.113. The molecule has 8 N–H and O–H groups in total. The minimum absolute atomic E-state index is 0.135. The number of benzene rings is 2. The summed E-state index contributed by atoms with van der Waals surface area (Å²) < 4.78 is 16.9. The van der Waals surface area contributed by atoms with Gasteiger partial charge >= 0.3 is 5.69 Å². The minimum Gasteiger partial charge on any atom is -0.369 e. The Morgan fingerprint density at radius 2 is 1.96 bits per heavy atom. The van der Waals surface area contributed by atoms with Crippen molar-refractivity contribution in [1.29, 1.82) is 5.41 Å². The highest BCUT2D eigenvalue weighted by molar-refractivity contribution is 5.83. The van der Waals surface area contributed by atoms with Crippen LogP contribution in [-0.2, 0) is 6.42 Å². The lowest BCUT2D eigenvalue weighted by molar-refractivity contribution is 0.156. The van der Waals surface area contributed by atoms with Crippen molar-refractivity contribution in [2.75, 3.05) is 26.2 Å². The zero-order valence-corrected chi connectivity index (χ0v) is 28.2. The lowest BCUT2D eigenvalue weighted by Gasteiger charge is -2.38. The van der Waals surface area contributed by atoms with E-state index in [1.807, 2.05) is 37.3 Å². The second-order valence-electron chi connectivity index (χ2n) is 13.9. The van der Waals surface area contributed by atoms with Crippen LogP contribution in [0.4, 0.5) is 4.39 Å². The third-order valence-electron chi connectivity index (χ3n) is 9.87. The first kappa shape index (κ1) is 34.0. The number of aromatic nitrogens is 3. The molecule has 2 fully saturated rings. The van der Waals surface area contributed by atoms with Crippen molar-refractivity contribution in [2.24, 2.45) is 11.5 Å². The molecule has 2 saturated heterocycles. The molecule has 10 nitrogen and oxygen atoms in total. The van der Waals surface area contributed by atoms with E-state index in [2.05, 4.69) is 37.6 Å². The van der Waals surface area contributed by atoms with Crippen molar-refractivity contribution >= 4 is 16.9 Å². The van der Waals surface area contributed by atoms with Gasteiger partial charge in [-0.15, -0.1) is 0 Å². The van der Waals surface area contributed by atoms with E-state index in [9.17, 15) is 4.79 Å². The van der Waals surface area contributed by atoms with E-state index in [1.165, 1.54) is 12.0 Å². The van der Waals surface area contributed by atoms with Gasteiger partial charge in [0.15, 0.2) is 0 Å². The number of halogens is 1. The monoisotopic (exact) mass is 655 g/mol. The van der Waals surface area contributed by atoms with Crippen LogP contribution in [-0.4, -0.2) is 69.6 Å². The highest BCUT2D eigenvalue weighted by atomic mass is 19.1. The molecule has 0 bridgehead atoms. The van der Waals surface area contributed by atoms with Gasteiger partial charge < -0.3 is 32.0 Å². The minimum atomic E-state index is -0.399. The van der Waals surface area contributed by atoms with E-state index >= 15 is 4.39 Å². The number of H-pyrrole nitrogens is 1. The summed E-state index contributed by atoms with van der Waals surface area (Å²) in [4.78, 5) is 23.1. The third kappa shape index (κ3) is 8.03. The number of hydrogen-bond donors (Lipinski definition) is 6. The lowest BCUT2D eigenvalue weighted by atomic mass is 9.90. The van der Waals surface area contributed by atoms with Gasteiger partial charge in [-0.25, -0.2) is 9.18 Å². The second-order valence-corrected chi connectivity index (χ2v) is 13.9. The van der Waals surface area contributed by atoms with Crippen LogP contribution < -0.4 is 27.8 Å². The van der Waals surface area contributed by atoms with E-state index in [0.717, 1.165) is 81.2 Å². The standard InChI is InChI=1S/C37H50FN9O/c1-23-16-25(7-3-6-24(2)40)17-31(35(23)38)33-18-27-21-47(37(48)45-36(27)44-33)30-12-10-26(11-13-30)32-9-4-8-28(42-32)19-29(43-34(41)20-39)22-46-14-5-15-46/h10-13,16-18,21,24,28-29,32,42H,3-9,14-15,19-20,22,39-40H2,1-2H3,(H2,41,43)(H,44,45,48)/t24-,28-,29-,32-/m0/s1. The molecule has 0 saturated carbocycles. The number of likely N-dealkylation sites (tertiary alicyclic amines) is 1. The predicted molar refractivity (Wildman–Crippen MR) is 191 cm³/mol. The fraction of sp³-hybridized carbons (Fsp3) is 0.486. The van der Waals surface area contributed by atoms with Crippen LogP contribution in [0.25, 0.3) is 28.0 Å². The molecule has 0 aliphatic carbocycles. The molecule has 6 rings (SSSR count). The zero-order chi connectivity index (χ0) is 33.8. The Morgan fingerprint density at radius 3 is 2.67 bits per heavy atom. The van der Waals surface area contributed by atoms with E-state index in [-0.39, 0.29) is 30.5 Å². The maximum Gasteiger partial charge on any atom is 0.354 e. The number of aromatic amines is 1. The highest BCUT2D eigenvalue weighted by Gasteiger charge is 2.27. The number of rotatable bonds is 13. The van der Waals surface area contributed by atoms with Crippen molar-refractivity contribution in [3.8, 4) is 16.9 Å². The molecule has 48 heavy (non-hydrogen) atoms. The maximum absolute atomic E-state index is 15.3. The number of nitrogens with two attached hydrogens (primary N) is 2. The molecule has 0 spiro atoms. The summed E-state index contributed by atoms with van der Waals surface area (Å²) >= 11 is 0. The number of fused-ring (bicyclic) bond motifs is 1. The van der Waals surface area contributed by atoms with E-state index in [0.29, 0.717) is 34.3 Å². The Balaban J connectivity index is 1.16. The maximum atomic E-state index is 15.3. The Bertz CT molecular complexity index is 1780. The summed E-state index contributed by atoms with van der Waals surface area (Å²) in [5, 5.41) is 16.0. The topological polar surface area (TPSA) is 154 Å². The summed E-state index contributed by atoms with van der Waals surface area (Å²) in [6.07, 6.45) is 9.89. The van der Waals surface area contributed by atoms with Gasteiger partial charge in [0.1, 0.15) is 17.3 Å². The molecule has 4 atom stereocenters. The van der Waals surface area contributed by atoms with Crippen LogP contribution in [0.2, 0.25) is 0 Å². The van der Waals surface area contributed by atoms with Crippen LogP contribution in [0.1, 0.15) is 74.6 Å². The molecule has 2 aliphatic heterocycles. The van der Waals surface area contributed by atoms with Gasteiger partial charge in [0, 0.05) is 47.9 Å². The molecule has 0 amide bonds. The first-order valence-corrected chi connectivity index (χ1v) is 17.5. The molecular weight excluding hydrogens is 605 g/mol. The summed E-state index contributed by atoms with van der Waals surface area (Å²) in [6, 6.07) is 14.6. The molecule has 256 valence electrons. The van der Waals surface area contributed by atoms with Crippen LogP contribution >= 0.6 is 0 Å². The van der Waals surface area contributed by atoms with Gasteiger partial charge in [-0.2, -0.15) is 4.98 Å². The number of nitrogens with zero attached hydrogens (tertiary/aromatic N) is 3. The van der Waals surface area contributed by atoms with Crippen LogP contribution in [0.3, 0.4) is 0 Å². The molecule has 2 aromatic heterocycles. The molecule has 0 unspecified atom stereocenters. The summed E-state index contributed by atoms with van der Waals surface area (Å²) in [7, 11) is 0. The molecule has 2 aliphatic rings. The SMILES string of the molecule is Cc1cc(CCC[C@H](C)N)cc(-c2cc3cn(-c4ccc([C@@H]5CCC[C@@H](C[C@@H](CN6CCC6)NC(=N)CN)N5)cc4)c(=O)nc3[nH]2)c1F. The lowest BCUT2D eigenvalue weighted by Crippen LogP contribution is -2.52. The molecule has 2 aromatic carbocycles. The van der Waals surface area contributed by atoms with Gasteiger partial charge in [-0.1, -0.05) is 24.6 Å². The van der Waals surface area contributed by atoms with Crippen molar-refractivity contribution in [2.45, 2.75) is 89.4 Å². The van der Waals surface area contributed by atoms with E-state index in [1.54, 1.807) is 17.7 Å². The van der Waals surface area contributed by atoms with Crippen LogP contribution in [0, 0.1) is 18.2 Å². The number of aryl methyl sites for hydroxylation is 2. The number of piperidine rings is 1. The zero-order valence-electron chi connectivity index (χ0n) is 28.2. The first-order chi connectivity index (χ1) is 23.2. The number of nitrogens with one attached hydrogen (secondary N) is 4. The van der Waals surface area contributed by atoms with Crippen LogP contribution in [0.5, 0.6) is 0 Å². The average molecular weight is 656 g/mol.